The standard InChI is InChI=1S/C17H23ClN2O2/c18-15-11-19-8-7-16(15)22-14-6-3-9-20(12-14)17(21)10-13-4-1-2-5-13/h7-8,11,13-14H,1-6,9-10,12H2. The average molecular weight is 323 g/mol. The molecule has 1 atom stereocenters. The number of hydrogen-bond donors (Lipinski definition) is 0. The van der Waals surface area contributed by atoms with Crippen LogP contribution in [0.4, 0.5) is 0 Å². The lowest BCUT2D eigenvalue weighted by Crippen LogP contribution is -2.44. The van der Waals surface area contributed by atoms with Gasteiger partial charge in [0.1, 0.15) is 16.9 Å². The Kier molecular flexibility index (Phi) is 5.19. The van der Waals surface area contributed by atoms with Crippen molar-refractivity contribution in [2.75, 3.05) is 13.1 Å². The molecule has 5 heteroatoms. The van der Waals surface area contributed by atoms with Crippen LogP contribution in [0.2, 0.25) is 5.02 Å². The first kappa shape index (κ1) is 15.6. The first-order valence-corrected chi connectivity index (χ1v) is 8.64. The van der Waals surface area contributed by atoms with E-state index >= 15 is 0 Å². The number of carbonyl (C=O) groups excluding carboxylic acids is 1. The molecule has 1 aromatic heterocycles. The minimum Gasteiger partial charge on any atom is -0.487 e. The third kappa shape index (κ3) is 3.92. The summed E-state index contributed by atoms with van der Waals surface area (Å²) in [5, 5.41) is 0.525. The van der Waals surface area contributed by atoms with Crippen molar-refractivity contribution in [1.82, 2.24) is 9.88 Å². The zero-order valence-electron chi connectivity index (χ0n) is 12.8. The molecule has 2 heterocycles. The molecule has 1 aromatic rings. The van der Waals surface area contributed by atoms with E-state index in [0.29, 0.717) is 35.6 Å². The maximum Gasteiger partial charge on any atom is 0.222 e. The number of amides is 1. The van der Waals surface area contributed by atoms with Gasteiger partial charge in [0.15, 0.2) is 0 Å². The Hall–Kier alpha value is -1.29. The second-order valence-corrected chi connectivity index (χ2v) is 6.79. The summed E-state index contributed by atoms with van der Waals surface area (Å²) in [5.41, 5.74) is 0. The number of hydrogen-bond acceptors (Lipinski definition) is 3. The molecular formula is C17H23ClN2O2. The molecule has 0 bridgehead atoms. The minimum absolute atomic E-state index is 0.0289. The fourth-order valence-corrected chi connectivity index (χ4v) is 3.65. The molecule has 22 heavy (non-hydrogen) atoms. The van der Waals surface area contributed by atoms with E-state index in [1.54, 1.807) is 18.5 Å². The molecule has 3 rings (SSSR count). The van der Waals surface area contributed by atoms with Crippen LogP contribution in [0.1, 0.15) is 44.9 Å². The first-order chi connectivity index (χ1) is 10.7. The van der Waals surface area contributed by atoms with E-state index in [9.17, 15) is 4.79 Å². The SMILES string of the molecule is O=C(CC1CCCC1)N1CCCC(Oc2ccncc2Cl)C1. The summed E-state index contributed by atoms with van der Waals surface area (Å²) < 4.78 is 5.97. The number of nitrogens with zero attached hydrogens (tertiary/aromatic N) is 2. The van der Waals surface area contributed by atoms with Crippen LogP contribution in [0.15, 0.2) is 18.5 Å². The van der Waals surface area contributed by atoms with Gasteiger partial charge in [0.25, 0.3) is 0 Å². The van der Waals surface area contributed by atoms with Gasteiger partial charge in [0.2, 0.25) is 5.91 Å². The highest BCUT2D eigenvalue weighted by Crippen LogP contribution is 2.29. The quantitative estimate of drug-likeness (QED) is 0.849. The predicted octanol–water partition coefficient (Wildman–Crippen LogP) is 3.69. The molecule has 1 aliphatic carbocycles. The molecule has 1 aliphatic heterocycles. The molecule has 1 saturated carbocycles. The molecule has 0 spiro atoms. The van der Waals surface area contributed by atoms with Crippen LogP contribution < -0.4 is 4.74 Å². The van der Waals surface area contributed by atoms with Gasteiger partial charge in [-0.3, -0.25) is 9.78 Å². The van der Waals surface area contributed by atoms with Crippen molar-refractivity contribution in [2.24, 2.45) is 5.92 Å². The van der Waals surface area contributed by atoms with Crippen molar-refractivity contribution >= 4 is 17.5 Å². The maximum atomic E-state index is 12.5. The van der Waals surface area contributed by atoms with Crippen molar-refractivity contribution in [2.45, 2.75) is 51.0 Å². The van der Waals surface area contributed by atoms with Gasteiger partial charge in [-0.2, -0.15) is 0 Å². The van der Waals surface area contributed by atoms with Crippen LogP contribution in [0, 0.1) is 5.92 Å². The van der Waals surface area contributed by atoms with Crippen LogP contribution in [0.3, 0.4) is 0 Å². The normalized spacial score (nSPS) is 22.8. The number of halogens is 1. The van der Waals surface area contributed by atoms with Gasteiger partial charge in [-0.15, -0.1) is 0 Å². The number of pyridine rings is 1. The molecule has 1 amide bonds. The highest BCUT2D eigenvalue weighted by Gasteiger charge is 2.27. The van der Waals surface area contributed by atoms with Gasteiger partial charge >= 0.3 is 0 Å². The second-order valence-electron chi connectivity index (χ2n) is 6.38. The zero-order chi connectivity index (χ0) is 15.4. The van der Waals surface area contributed by atoms with E-state index in [1.807, 2.05) is 4.90 Å². The van der Waals surface area contributed by atoms with Crippen LogP contribution in [-0.4, -0.2) is 35.0 Å². The van der Waals surface area contributed by atoms with Gasteiger partial charge in [0, 0.05) is 31.4 Å². The van der Waals surface area contributed by atoms with Gasteiger partial charge in [0.05, 0.1) is 6.54 Å². The Labute approximate surface area is 136 Å². The largest absolute Gasteiger partial charge is 0.487 e. The third-order valence-corrected chi connectivity index (χ3v) is 4.98. The molecule has 0 aromatic carbocycles. The summed E-state index contributed by atoms with van der Waals surface area (Å²) in [5.74, 6) is 1.55. The van der Waals surface area contributed by atoms with Gasteiger partial charge in [-0.25, -0.2) is 0 Å². The van der Waals surface area contributed by atoms with Gasteiger partial charge in [-0.1, -0.05) is 24.4 Å². The first-order valence-electron chi connectivity index (χ1n) is 8.26. The summed E-state index contributed by atoms with van der Waals surface area (Å²) in [4.78, 5) is 18.4. The second kappa shape index (κ2) is 7.32. The molecule has 0 radical (unpaired) electrons. The molecule has 0 N–H and O–H groups in total. The summed E-state index contributed by atoms with van der Waals surface area (Å²) in [7, 11) is 0. The van der Waals surface area contributed by atoms with Crippen molar-refractivity contribution in [3.63, 3.8) is 0 Å². The lowest BCUT2D eigenvalue weighted by Gasteiger charge is -2.33. The number of piperidine rings is 1. The molecule has 1 saturated heterocycles. The Morgan fingerprint density at radius 1 is 1.32 bits per heavy atom. The molecule has 2 fully saturated rings. The summed E-state index contributed by atoms with van der Waals surface area (Å²) in [6.45, 7) is 1.53. The number of rotatable bonds is 4. The lowest BCUT2D eigenvalue weighted by molar-refractivity contribution is -0.134. The van der Waals surface area contributed by atoms with Crippen LogP contribution in [0.25, 0.3) is 0 Å². The van der Waals surface area contributed by atoms with Crippen LogP contribution in [0.5, 0.6) is 5.75 Å². The summed E-state index contributed by atoms with van der Waals surface area (Å²) in [6, 6.07) is 1.78. The van der Waals surface area contributed by atoms with E-state index in [-0.39, 0.29) is 6.10 Å². The average Bonchev–Trinajstić information content (AvgIpc) is 3.03. The smallest absolute Gasteiger partial charge is 0.222 e. The highest BCUT2D eigenvalue weighted by molar-refractivity contribution is 6.31. The Morgan fingerprint density at radius 2 is 2.14 bits per heavy atom. The maximum absolute atomic E-state index is 12.5. The highest BCUT2D eigenvalue weighted by atomic mass is 35.5. The molecule has 2 aliphatic rings. The Balaban J connectivity index is 1.54. The zero-order valence-corrected chi connectivity index (χ0v) is 13.6. The van der Waals surface area contributed by atoms with Crippen molar-refractivity contribution in [3.05, 3.63) is 23.5 Å². The molecule has 1 unspecified atom stereocenters. The van der Waals surface area contributed by atoms with Crippen molar-refractivity contribution in [3.8, 4) is 5.75 Å². The van der Waals surface area contributed by atoms with Crippen LogP contribution >= 0.6 is 11.6 Å². The van der Waals surface area contributed by atoms with E-state index < -0.39 is 0 Å². The van der Waals surface area contributed by atoms with E-state index in [2.05, 4.69) is 4.98 Å². The predicted molar refractivity (Wildman–Crippen MR) is 86.1 cm³/mol. The topological polar surface area (TPSA) is 42.4 Å². The molecular weight excluding hydrogens is 300 g/mol. The lowest BCUT2D eigenvalue weighted by atomic mass is 10.0. The molecule has 4 nitrogen and oxygen atoms in total. The fourth-order valence-electron chi connectivity index (χ4n) is 3.49. The number of likely N-dealkylation sites (tertiary alicyclic amines) is 1. The summed E-state index contributed by atoms with van der Waals surface area (Å²) in [6.07, 6.45) is 10.9. The third-order valence-electron chi connectivity index (χ3n) is 4.70. The van der Waals surface area contributed by atoms with Crippen molar-refractivity contribution < 1.29 is 9.53 Å². The van der Waals surface area contributed by atoms with Gasteiger partial charge < -0.3 is 9.64 Å². The minimum atomic E-state index is 0.0289. The number of ether oxygens (including phenoxy) is 1. The summed E-state index contributed by atoms with van der Waals surface area (Å²) >= 11 is 6.09. The van der Waals surface area contributed by atoms with E-state index in [1.165, 1.54) is 25.7 Å². The Bertz CT molecular complexity index is 517. The van der Waals surface area contributed by atoms with Crippen molar-refractivity contribution in [1.29, 1.82) is 0 Å². The molecule has 120 valence electrons. The van der Waals surface area contributed by atoms with Gasteiger partial charge in [-0.05, 0) is 31.6 Å². The fraction of sp³-hybridized carbons (Fsp3) is 0.647. The number of aromatic nitrogens is 1. The van der Waals surface area contributed by atoms with Crippen LogP contribution in [-0.2, 0) is 4.79 Å². The Morgan fingerprint density at radius 3 is 2.91 bits per heavy atom. The number of carbonyl (C=O) groups is 1. The monoisotopic (exact) mass is 322 g/mol. The van der Waals surface area contributed by atoms with E-state index in [0.717, 1.165) is 19.4 Å². The van der Waals surface area contributed by atoms with E-state index in [4.69, 9.17) is 16.3 Å².